The molecule has 0 aliphatic heterocycles. The molecule has 0 aromatic heterocycles. The van der Waals surface area contributed by atoms with Crippen LogP contribution in [0.1, 0.15) is 11.1 Å². The van der Waals surface area contributed by atoms with Gasteiger partial charge < -0.3 is 5.73 Å². The van der Waals surface area contributed by atoms with Gasteiger partial charge in [0.1, 0.15) is 5.84 Å². The molecular weight excluding hydrogens is 290 g/mol. The lowest BCUT2D eigenvalue weighted by Crippen LogP contribution is -2.23. The normalized spacial score (nSPS) is 12.1. The Labute approximate surface area is 112 Å². The molecule has 1 aromatic carbocycles. The zero-order valence-electron chi connectivity index (χ0n) is 10.5. The number of sulfonamides is 1. The maximum atomic E-state index is 11.7. The molecule has 0 aliphatic carbocycles. The quantitative estimate of drug-likeness (QED) is 0.521. The van der Waals surface area contributed by atoms with Crippen molar-refractivity contribution in [1.29, 1.82) is 5.41 Å². The molecule has 19 heavy (non-hydrogen) atoms. The standard InChI is InChI=1S/C10H15N3O4S2/c1-7-3-4-8(10(11)12)5-9(7)13-19(16,17)6-18(2,14)15/h3-5,13H,6H2,1-2H3,(H3,11,12). The van der Waals surface area contributed by atoms with Crippen molar-refractivity contribution in [3.63, 3.8) is 0 Å². The Morgan fingerprint density at radius 1 is 1.32 bits per heavy atom. The van der Waals surface area contributed by atoms with Gasteiger partial charge in [-0.3, -0.25) is 10.1 Å². The molecule has 1 aromatic rings. The number of rotatable bonds is 5. The van der Waals surface area contributed by atoms with Crippen LogP contribution in [-0.2, 0) is 19.9 Å². The second-order valence-electron chi connectivity index (χ2n) is 4.20. The molecule has 0 unspecified atom stereocenters. The maximum absolute atomic E-state index is 11.7. The topological polar surface area (TPSA) is 130 Å². The molecule has 0 aliphatic rings. The van der Waals surface area contributed by atoms with Gasteiger partial charge in [0.2, 0.25) is 10.0 Å². The number of amidine groups is 1. The van der Waals surface area contributed by atoms with Crippen LogP contribution in [0.2, 0.25) is 0 Å². The number of aryl methyl sites for hydroxylation is 1. The lowest BCUT2D eigenvalue weighted by Gasteiger charge is -2.11. The molecular formula is C10H15N3O4S2. The second kappa shape index (κ2) is 5.17. The van der Waals surface area contributed by atoms with Gasteiger partial charge in [-0.2, -0.15) is 0 Å². The number of benzene rings is 1. The fraction of sp³-hybridized carbons (Fsp3) is 0.300. The van der Waals surface area contributed by atoms with E-state index in [-0.39, 0.29) is 11.5 Å². The Kier molecular flexibility index (Phi) is 4.21. The van der Waals surface area contributed by atoms with Gasteiger partial charge >= 0.3 is 0 Å². The van der Waals surface area contributed by atoms with Gasteiger partial charge in [-0.1, -0.05) is 12.1 Å². The third-order valence-corrected chi connectivity index (χ3v) is 5.67. The fourth-order valence-electron chi connectivity index (χ4n) is 1.38. The van der Waals surface area contributed by atoms with Crippen LogP contribution in [0.3, 0.4) is 0 Å². The first-order valence-corrected chi connectivity index (χ1v) is 8.85. The number of hydrogen-bond acceptors (Lipinski definition) is 5. The van der Waals surface area contributed by atoms with Crippen molar-refractivity contribution in [3.8, 4) is 0 Å². The highest BCUT2D eigenvalue weighted by molar-refractivity contribution is 8.08. The smallest absolute Gasteiger partial charge is 0.247 e. The van der Waals surface area contributed by atoms with Crippen molar-refractivity contribution >= 4 is 31.4 Å². The summed E-state index contributed by atoms with van der Waals surface area (Å²) in [6.07, 6.45) is 0.838. The van der Waals surface area contributed by atoms with Gasteiger partial charge in [0.25, 0.3) is 0 Å². The summed E-state index contributed by atoms with van der Waals surface area (Å²) < 4.78 is 47.6. The summed E-state index contributed by atoms with van der Waals surface area (Å²) in [5, 5.41) is 6.29. The molecule has 4 N–H and O–H groups in total. The molecule has 0 radical (unpaired) electrons. The number of anilines is 1. The van der Waals surface area contributed by atoms with Crippen LogP contribution >= 0.6 is 0 Å². The van der Waals surface area contributed by atoms with E-state index >= 15 is 0 Å². The number of hydrogen-bond donors (Lipinski definition) is 3. The molecule has 0 saturated heterocycles. The zero-order chi connectivity index (χ0) is 14.8. The Bertz CT molecular complexity index is 708. The largest absolute Gasteiger partial charge is 0.384 e. The van der Waals surface area contributed by atoms with Crippen molar-refractivity contribution in [2.75, 3.05) is 16.1 Å². The fourth-order valence-corrected chi connectivity index (χ4v) is 4.42. The molecule has 0 fully saturated rings. The molecule has 0 atom stereocenters. The predicted octanol–water partition coefficient (Wildman–Crippen LogP) is 0.0229. The zero-order valence-corrected chi connectivity index (χ0v) is 12.1. The molecule has 0 heterocycles. The Morgan fingerprint density at radius 2 is 1.89 bits per heavy atom. The third-order valence-electron chi connectivity index (χ3n) is 2.18. The lowest BCUT2D eigenvalue weighted by atomic mass is 10.1. The van der Waals surface area contributed by atoms with E-state index in [2.05, 4.69) is 4.72 Å². The third kappa shape index (κ3) is 4.87. The molecule has 9 heteroatoms. The molecule has 7 nitrogen and oxygen atoms in total. The average Bonchev–Trinajstić information content (AvgIpc) is 2.16. The number of nitrogen functional groups attached to an aromatic ring is 1. The highest BCUT2D eigenvalue weighted by atomic mass is 32.3. The summed E-state index contributed by atoms with van der Waals surface area (Å²) in [5.41, 5.74) is 6.46. The van der Waals surface area contributed by atoms with Crippen LogP contribution in [-0.4, -0.2) is 34.0 Å². The highest BCUT2D eigenvalue weighted by Crippen LogP contribution is 2.18. The molecule has 106 valence electrons. The average molecular weight is 305 g/mol. The van der Waals surface area contributed by atoms with E-state index in [1.165, 1.54) is 6.07 Å². The van der Waals surface area contributed by atoms with Crippen LogP contribution in [0.5, 0.6) is 0 Å². The van der Waals surface area contributed by atoms with Crippen molar-refractivity contribution in [2.24, 2.45) is 5.73 Å². The molecule has 0 saturated carbocycles. The lowest BCUT2D eigenvalue weighted by molar-refractivity contribution is 0.595. The minimum absolute atomic E-state index is 0.205. The first-order valence-electron chi connectivity index (χ1n) is 5.13. The molecule has 1 rings (SSSR count). The van der Waals surface area contributed by atoms with Gasteiger partial charge in [-0.15, -0.1) is 0 Å². The summed E-state index contributed by atoms with van der Waals surface area (Å²) in [4.78, 5) is 0. The predicted molar refractivity (Wildman–Crippen MR) is 74.4 cm³/mol. The van der Waals surface area contributed by atoms with E-state index < -0.39 is 24.9 Å². The van der Waals surface area contributed by atoms with Crippen LogP contribution < -0.4 is 10.5 Å². The summed E-state index contributed by atoms with van der Waals surface area (Å²) in [6.45, 7) is 1.65. The minimum atomic E-state index is -4.01. The van der Waals surface area contributed by atoms with E-state index in [1.807, 2.05) is 0 Å². The Morgan fingerprint density at radius 3 is 2.37 bits per heavy atom. The van der Waals surface area contributed by atoms with E-state index in [4.69, 9.17) is 11.1 Å². The first-order chi connectivity index (χ1) is 8.50. The second-order valence-corrected chi connectivity index (χ2v) is 8.43. The maximum Gasteiger partial charge on any atom is 0.247 e. The van der Waals surface area contributed by atoms with Gasteiger partial charge in [-0.05, 0) is 18.6 Å². The van der Waals surface area contributed by atoms with E-state index in [0.717, 1.165) is 6.26 Å². The van der Waals surface area contributed by atoms with E-state index in [9.17, 15) is 16.8 Å². The number of sulfone groups is 1. The SMILES string of the molecule is Cc1ccc(C(=N)N)cc1NS(=O)(=O)CS(C)(=O)=O. The summed E-state index contributed by atoms with van der Waals surface area (Å²) in [6, 6.07) is 4.55. The van der Waals surface area contributed by atoms with Crippen molar-refractivity contribution in [1.82, 2.24) is 0 Å². The van der Waals surface area contributed by atoms with Crippen molar-refractivity contribution in [2.45, 2.75) is 6.92 Å². The van der Waals surface area contributed by atoms with Crippen LogP contribution in [0.15, 0.2) is 18.2 Å². The first kappa shape index (κ1) is 15.4. The van der Waals surface area contributed by atoms with Crippen LogP contribution in [0.25, 0.3) is 0 Å². The van der Waals surface area contributed by atoms with Gasteiger partial charge in [0.05, 0.1) is 5.69 Å². The minimum Gasteiger partial charge on any atom is -0.384 e. The molecule has 0 amide bonds. The molecule has 0 bridgehead atoms. The van der Waals surface area contributed by atoms with Gasteiger partial charge in [0.15, 0.2) is 14.9 Å². The highest BCUT2D eigenvalue weighted by Gasteiger charge is 2.19. The van der Waals surface area contributed by atoms with Gasteiger partial charge in [0, 0.05) is 11.8 Å². The Balaban J connectivity index is 3.12. The summed E-state index contributed by atoms with van der Waals surface area (Å²) in [7, 11) is -7.67. The van der Waals surface area contributed by atoms with E-state index in [1.54, 1.807) is 19.1 Å². The Hall–Kier alpha value is -1.61. The monoisotopic (exact) mass is 305 g/mol. The van der Waals surface area contributed by atoms with Crippen molar-refractivity contribution < 1.29 is 16.8 Å². The molecule has 0 spiro atoms. The van der Waals surface area contributed by atoms with E-state index in [0.29, 0.717) is 11.1 Å². The number of nitrogens with one attached hydrogen (secondary N) is 2. The summed E-state index contributed by atoms with van der Waals surface area (Å²) >= 11 is 0. The van der Waals surface area contributed by atoms with Crippen molar-refractivity contribution in [3.05, 3.63) is 29.3 Å². The number of nitrogens with two attached hydrogens (primary N) is 1. The van der Waals surface area contributed by atoms with Crippen LogP contribution in [0, 0.1) is 12.3 Å². The summed E-state index contributed by atoms with van der Waals surface area (Å²) in [5.74, 6) is -0.205. The van der Waals surface area contributed by atoms with Crippen LogP contribution in [0.4, 0.5) is 5.69 Å². The van der Waals surface area contributed by atoms with Gasteiger partial charge in [-0.25, -0.2) is 16.8 Å².